The van der Waals surface area contributed by atoms with E-state index in [9.17, 15) is 13.2 Å². The zero-order valence-corrected chi connectivity index (χ0v) is 10.00. The van der Waals surface area contributed by atoms with Crippen molar-refractivity contribution in [3.8, 4) is 5.75 Å². The first-order valence-electron chi connectivity index (χ1n) is 5.52. The van der Waals surface area contributed by atoms with E-state index >= 15 is 0 Å². The van der Waals surface area contributed by atoms with Crippen molar-refractivity contribution >= 4 is 0 Å². The van der Waals surface area contributed by atoms with Gasteiger partial charge in [0.15, 0.2) is 6.10 Å². The summed E-state index contributed by atoms with van der Waals surface area (Å²) < 4.78 is 41.1. The van der Waals surface area contributed by atoms with Gasteiger partial charge in [-0.1, -0.05) is 18.2 Å². The van der Waals surface area contributed by atoms with Crippen molar-refractivity contribution in [3.63, 3.8) is 0 Å². The maximum absolute atomic E-state index is 12.0. The number of hydrogen-bond acceptors (Lipinski definition) is 3. The predicted octanol–water partition coefficient (Wildman–Crippen LogP) is 1.75. The molecule has 0 saturated heterocycles. The molecule has 0 amide bonds. The van der Waals surface area contributed by atoms with E-state index in [-0.39, 0.29) is 0 Å². The maximum Gasteiger partial charge on any atom is 0.415 e. The summed E-state index contributed by atoms with van der Waals surface area (Å²) in [7, 11) is 1.54. The van der Waals surface area contributed by atoms with Crippen molar-refractivity contribution < 1.29 is 23.0 Å². The fourth-order valence-electron chi connectivity index (χ4n) is 1.49. The monoisotopic (exact) mass is 263 g/mol. The van der Waals surface area contributed by atoms with Gasteiger partial charge < -0.3 is 15.2 Å². The molecule has 0 aliphatic carbocycles. The summed E-state index contributed by atoms with van der Waals surface area (Å²) in [5.74, 6) is 0.704. The molecule has 0 fully saturated rings. The van der Waals surface area contributed by atoms with Gasteiger partial charge in [-0.3, -0.25) is 0 Å². The van der Waals surface area contributed by atoms with E-state index < -0.39 is 18.8 Å². The predicted molar refractivity (Wildman–Crippen MR) is 61.6 cm³/mol. The molecule has 0 aliphatic heterocycles. The molecule has 0 saturated carbocycles. The number of nitrogens with one attached hydrogen (secondary N) is 1. The van der Waals surface area contributed by atoms with Crippen LogP contribution in [0, 0.1) is 0 Å². The number of halogens is 3. The molecule has 1 atom stereocenters. The highest BCUT2D eigenvalue weighted by molar-refractivity contribution is 5.33. The Labute approximate surface area is 104 Å². The zero-order valence-electron chi connectivity index (χ0n) is 10.00. The van der Waals surface area contributed by atoms with Crippen molar-refractivity contribution in [1.29, 1.82) is 0 Å². The highest BCUT2D eigenvalue weighted by atomic mass is 19.4. The number of ether oxygens (including phenoxy) is 1. The minimum Gasteiger partial charge on any atom is -0.496 e. The maximum atomic E-state index is 12.0. The Hall–Kier alpha value is -1.27. The van der Waals surface area contributed by atoms with Crippen LogP contribution in [0.5, 0.6) is 5.75 Å². The van der Waals surface area contributed by atoms with Crippen LogP contribution in [0.2, 0.25) is 0 Å². The van der Waals surface area contributed by atoms with Gasteiger partial charge in [-0.15, -0.1) is 0 Å². The van der Waals surface area contributed by atoms with Crippen LogP contribution in [0.4, 0.5) is 13.2 Å². The van der Waals surface area contributed by atoms with Gasteiger partial charge in [0.2, 0.25) is 0 Å². The molecular formula is C12H16F3NO2. The summed E-state index contributed by atoms with van der Waals surface area (Å²) in [6.45, 7) is -0.161. The van der Waals surface area contributed by atoms with Crippen LogP contribution < -0.4 is 10.1 Å². The van der Waals surface area contributed by atoms with Gasteiger partial charge >= 0.3 is 6.18 Å². The fourth-order valence-corrected chi connectivity index (χ4v) is 1.49. The Bertz CT molecular complexity index is 369. The molecule has 3 nitrogen and oxygen atoms in total. The summed E-state index contributed by atoms with van der Waals surface area (Å²) in [4.78, 5) is 0. The van der Waals surface area contributed by atoms with E-state index in [1.807, 2.05) is 18.2 Å². The molecular weight excluding hydrogens is 247 g/mol. The third-order valence-corrected chi connectivity index (χ3v) is 2.48. The summed E-state index contributed by atoms with van der Waals surface area (Å²) in [6, 6.07) is 7.30. The van der Waals surface area contributed by atoms with Crippen molar-refractivity contribution in [2.45, 2.75) is 18.7 Å². The van der Waals surface area contributed by atoms with Crippen molar-refractivity contribution in [3.05, 3.63) is 29.8 Å². The Balaban J connectivity index is 2.34. The van der Waals surface area contributed by atoms with Gasteiger partial charge in [0.1, 0.15) is 5.75 Å². The fraction of sp³-hybridized carbons (Fsp3) is 0.500. The van der Waals surface area contributed by atoms with Crippen LogP contribution in [-0.2, 0) is 6.42 Å². The van der Waals surface area contributed by atoms with Gasteiger partial charge in [-0.25, -0.2) is 0 Å². The Morgan fingerprint density at radius 1 is 1.33 bits per heavy atom. The third kappa shape index (κ3) is 4.54. The highest BCUT2D eigenvalue weighted by Crippen LogP contribution is 2.19. The van der Waals surface area contributed by atoms with E-state index in [1.54, 1.807) is 13.2 Å². The Kier molecular flexibility index (Phi) is 5.43. The standard InChI is InChI=1S/C12H16F3NO2/c1-18-10-5-3-2-4-9(10)6-7-16-8-11(17)12(13,14)15/h2-5,11,16-17H,6-8H2,1H3. The molecule has 0 bridgehead atoms. The van der Waals surface area contributed by atoms with Gasteiger partial charge in [0.25, 0.3) is 0 Å². The van der Waals surface area contributed by atoms with E-state index in [1.165, 1.54) is 0 Å². The number of alkyl halides is 3. The first kappa shape index (κ1) is 14.8. The van der Waals surface area contributed by atoms with Crippen LogP contribution in [0.15, 0.2) is 24.3 Å². The second-order valence-corrected chi connectivity index (χ2v) is 3.82. The summed E-state index contributed by atoms with van der Waals surface area (Å²) in [5, 5.41) is 11.3. The van der Waals surface area contributed by atoms with Crippen LogP contribution in [0.3, 0.4) is 0 Å². The minimum absolute atomic E-state index is 0.341. The molecule has 0 aliphatic rings. The molecule has 102 valence electrons. The van der Waals surface area contributed by atoms with Crippen LogP contribution in [0.1, 0.15) is 5.56 Å². The van der Waals surface area contributed by atoms with Gasteiger partial charge in [0, 0.05) is 6.54 Å². The third-order valence-electron chi connectivity index (χ3n) is 2.48. The normalized spacial score (nSPS) is 13.4. The summed E-state index contributed by atoms with van der Waals surface area (Å²) >= 11 is 0. The van der Waals surface area contributed by atoms with Crippen molar-refractivity contribution in [2.24, 2.45) is 0 Å². The lowest BCUT2D eigenvalue weighted by Crippen LogP contribution is -2.39. The molecule has 6 heteroatoms. The molecule has 1 rings (SSSR count). The molecule has 0 radical (unpaired) electrons. The molecule has 1 unspecified atom stereocenters. The molecule has 1 aromatic carbocycles. The van der Waals surface area contributed by atoms with Crippen molar-refractivity contribution in [1.82, 2.24) is 5.32 Å². The molecule has 0 aromatic heterocycles. The number of para-hydroxylation sites is 1. The number of aliphatic hydroxyl groups is 1. The largest absolute Gasteiger partial charge is 0.496 e. The molecule has 2 N–H and O–H groups in total. The molecule has 0 heterocycles. The first-order valence-corrected chi connectivity index (χ1v) is 5.52. The number of benzene rings is 1. The number of rotatable bonds is 6. The second kappa shape index (κ2) is 6.61. The van der Waals surface area contributed by atoms with Gasteiger partial charge in [0.05, 0.1) is 7.11 Å². The summed E-state index contributed by atoms with van der Waals surface area (Å²) in [6.07, 6.45) is -6.36. The Morgan fingerprint density at radius 2 is 2.00 bits per heavy atom. The Morgan fingerprint density at radius 3 is 2.61 bits per heavy atom. The first-order chi connectivity index (χ1) is 8.45. The number of methoxy groups -OCH3 is 1. The molecule has 1 aromatic rings. The lowest BCUT2D eigenvalue weighted by molar-refractivity contribution is -0.201. The average molecular weight is 263 g/mol. The zero-order chi connectivity index (χ0) is 13.6. The van der Waals surface area contributed by atoms with Crippen LogP contribution >= 0.6 is 0 Å². The summed E-state index contributed by atoms with van der Waals surface area (Å²) in [5.41, 5.74) is 0.911. The minimum atomic E-state index is -4.57. The van der Waals surface area contributed by atoms with E-state index in [4.69, 9.17) is 9.84 Å². The quantitative estimate of drug-likeness (QED) is 0.768. The SMILES string of the molecule is COc1ccccc1CCNCC(O)C(F)(F)F. The lowest BCUT2D eigenvalue weighted by Gasteiger charge is -2.15. The molecule has 18 heavy (non-hydrogen) atoms. The topological polar surface area (TPSA) is 41.5 Å². The second-order valence-electron chi connectivity index (χ2n) is 3.82. The number of aliphatic hydroxyl groups excluding tert-OH is 1. The van der Waals surface area contributed by atoms with Crippen molar-refractivity contribution in [2.75, 3.05) is 20.2 Å². The van der Waals surface area contributed by atoms with Gasteiger partial charge in [-0.2, -0.15) is 13.2 Å². The van der Waals surface area contributed by atoms with E-state index in [2.05, 4.69) is 5.32 Å². The van der Waals surface area contributed by atoms with Crippen LogP contribution in [0.25, 0.3) is 0 Å². The average Bonchev–Trinajstić information content (AvgIpc) is 2.33. The number of hydrogen-bond donors (Lipinski definition) is 2. The van der Waals surface area contributed by atoms with Crippen LogP contribution in [-0.4, -0.2) is 37.6 Å². The van der Waals surface area contributed by atoms with E-state index in [0.29, 0.717) is 18.7 Å². The van der Waals surface area contributed by atoms with Gasteiger partial charge in [-0.05, 0) is 24.6 Å². The smallest absolute Gasteiger partial charge is 0.415 e. The molecule has 0 spiro atoms. The lowest BCUT2D eigenvalue weighted by atomic mass is 10.1. The van der Waals surface area contributed by atoms with E-state index in [0.717, 1.165) is 5.56 Å². The highest BCUT2D eigenvalue weighted by Gasteiger charge is 2.37.